The maximum atomic E-state index is 6.09. The van der Waals surface area contributed by atoms with Crippen LogP contribution >= 0.6 is 34.8 Å². The first-order valence-electron chi connectivity index (χ1n) is 5.79. The Kier molecular flexibility index (Phi) is 4.27. The summed E-state index contributed by atoms with van der Waals surface area (Å²) in [5.41, 5.74) is -0.126. The van der Waals surface area contributed by atoms with E-state index in [1.54, 1.807) is 6.07 Å². The molecule has 1 aliphatic heterocycles. The van der Waals surface area contributed by atoms with Crippen LogP contribution in [-0.4, -0.2) is 23.2 Å². The van der Waals surface area contributed by atoms with Gasteiger partial charge in [-0.3, -0.25) is 0 Å². The molecule has 1 aromatic rings. The molecule has 0 aromatic carbocycles. The van der Waals surface area contributed by atoms with E-state index in [1.165, 1.54) is 0 Å². The van der Waals surface area contributed by atoms with Gasteiger partial charge in [0.2, 0.25) is 0 Å². The lowest BCUT2D eigenvalue weighted by molar-refractivity contribution is -0.0553. The van der Waals surface area contributed by atoms with Gasteiger partial charge in [-0.15, -0.1) is 0 Å². The van der Waals surface area contributed by atoms with E-state index < -0.39 is 0 Å². The Morgan fingerprint density at radius 2 is 2.06 bits per heavy atom. The second-order valence-electron chi connectivity index (χ2n) is 5.03. The van der Waals surface area contributed by atoms with Gasteiger partial charge in [0.15, 0.2) is 0 Å². The molecule has 1 unspecified atom stereocenters. The van der Waals surface area contributed by atoms with E-state index in [4.69, 9.17) is 39.5 Å². The summed E-state index contributed by atoms with van der Waals surface area (Å²) in [5, 5.41) is 4.41. The minimum absolute atomic E-state index is 0.126. The maximum absolute atomic E-state index is 6.09. The van der Waals surface area contributed by atoms with Crippen LogP contribution in [0, 0.1) is 0 Å². The van der Waals surface area contributed by atoms with E-state index in [2.05, 4.69) is 24.1 Å². The Labute approximate surface area is 122 Å². The van der Waals surface area contributed by atoms with Crippen molar-refractivity contribution >= 4 is 40.6 Å². The molecular weight excluding hydrogens is 295 g/mol. The van der Waals surface area contributed by atoms with Gasteiger partial charge in [0.1, 0.15) is 11.0 Å². The largest absolute Gasteiger partial charge is 0.375 e. The lowest BCUT2D eigenvalue weighted by Gasteiger charge is -2.36. The predicted octanol–water partition coefficient (Wildman–Crippen LogP) is 4.41. The third kappa shape index (κ3) is 3.41. The molecule has 1 aliphatic rings. The number of hydrogen-bond acceptors (Lipinski definition) is 3. The number of hydrogen-bond donors (Lipinski definition) is 1. The number of nitrogens with one attached hydrogen (secondary N) is 1. The standard InChI is InChI=1S/C12H15Cl3N2O/c1-12(2)6-7(3-4-18-12)16-11-9(14)5-8(13)10(15)17-11/h5,7H,3-4,6H2,1-2H3,(H,16,17). The summed E-state index contributed by atoms with van der Waals surface area (Å²) in [6, 6.07) is 1.88. The highest BCUT2D eigenvalue weighted by Gasteiger charge is 2.29. The number of halogens is 3. The summed E-state index contributed by atoms with van der Waals surface area (Å²) in [6.07, 6.45) is 1.81. The molecule has 1 saturated heterocycles. The van der Waals surface area contributed by atoms with Crippen molar-refractivity contribution < 1.29 is 4.74 Å². The SMILES string of the molecule is CC1(C)CC(Nc2nc(Cl)c(Cl)cc2Cl)CCO1. The molecule has 18 heavy (non-hydrogen) atoms. The fourth-order valence-corrected chi connectivity index (χ4v) is 2.65. The topological polar surface area (TPSA) is 34.2 Å². The Balaban J connectivity index is 2.12. The minimum atomic E-state index is -0.126. The van der Waals surface area contributed by atoms with Crippen molar-refractivity contribution in [3.8, 4) is 0 Å². The van der Waals surface area contributed by atoms with Crippen LogP contribution in [0.3, 0.4) is 0 Å². The lowest BCUT2D eigenvalue weighted by atomic mass is 9.94. The molecule has 0 bridgehead atoms. The van der Waals surface area contributed by atoms with Gasteiger partial charge in [-0.05, 0) is 32.8 Å². The molecule has 0 radical (unpaired) electrons. The van der Waals surface area contributed by atoms with Gasteiger partial charge >= 0.3 is 0 Å². The fraction of sp³-hybridized carbons (Fsp3) is 0.583. The van der Waals surface area contributed by atoms with E-state index in [0.717, 1.165) is 19.4 Å². The molecule has 1 atom stereocenters. The van der Waals surface area contributed by atoms with Crippen molar-refractivity contribution in [3.05, 3.63) is 21.3 Å². The molecule has 0 spiro atoms. The van der Waals surface area contributed by atoms with Crippen LogP contribution < -0.4 is 5.32 Å². The third-order valence-corrected chi connectivity index (χ3v) is 3.89. The highest BCUT2D eigenvalue weighted by Crippen LogP contribution is 2.31. The number of aromatic nitrogens is 1. The zero-order valence-electron chi connectivity index (χ0n) is 10.3. The predicted molar refractivity (Wildman–Crippen MR) is 75.9 cm³/mol. The van der Waals surface area contributed by atoms with Gasteiger partial charge in [0, 0.05) is 12.6 Å². The normalized spacial score (nSPS) is 22.8. The van der Waals surface area contributed by atoms with E-state index >= 15 is 0 Å². The zero-order valence-corrected chi connectivity index (χ0v) is 12.5. The van der Waals surface area contributed by atoms with Crippen molar-refractivity contribution in [3.63, 3.8) is 0 Å². The summed E-state index contributed by atoms with van der Waals surface area (Å²) in [5.74, 6) is 0.578. The molecule has 3 nitrogen and oxygen atoms in total. The van der Waals surface area contributed by atoms with Crippen molar-refractivity contribution in [2.24, 2.45) is 0 Å². The van der Waals surface area contributed by atoms with Crippen LogP contribution in [0.4, 0.5) is 5.82 Å². The van der Waals surface area contributed by atoms with Crippen LogP contribution in [-0.2, 0) is 4.74 Å². The summed E-state index contributed by atoms with van der Waals surface area (Å²) in [7, 11) is 0. The van der Waals surface area contributed by atoms with E-state index in [9.17, 15) is 0 Å². The number of ether oxygens (including phenoxy) is 1. The van der Waals surface area contributed by atoms with Crippen LogP contribution in [0.2, 0.25) is 15.2 Å². The quantitative estimate of drug-likeness (QED) is 0.822. The highest BCUT2D eigenvalue weighted by molar-refractivity contribution is 6.42. The smallest absolute Gasteiger partial charge is 0.150 e. The van der Waals surface area contributed by atoms with Crippen LogP contribution in [0.1, 0.15) is 26.7 Å². The molecule has 1 aromatic heterocycles. The second-order valence-corrected chi connectivity index (χ2v) is 6.21. The fourth-order valence-electron chi connectivity index (χ4n) is 2.09. The summed E-state index contributed by atoms with van der Waals surface area (Å²) in [6.45, 7) is 4.87. The Hall–Kier alpha value is -0.220. The van der Waals surface area contributed by atoms with Crippen molar-refractivity contribution in [2.75, 3.05) is 11.9 Å². The highest BCUT2D eigenvalue weighted by atomic mass is 35.5. The van der Waals surface area contributed by atoms with Gasteiger partial charge in [-0.1, -0.05) is 34.8 Å². The number of rotatable bonds is 2. The molecule has 0 aliphatic carbocycles. The molecule has 6 heteroatoms. The molecule has 100 valence electrons. The monoisotopic (exact) mass is 308 g/mol. The molecule has 0 amide bonds. The molecular formula is C12H15Cl3N2O. The summed E-state index contributed by atoms with van der Waals surface area (Å²) in [4.78, 5) is 4.16. The Morgan fingerprint density at radius 3 is 2.72 bits per heavy atom. The van der Waals surface area contributed by atoms with Gasteiger partial charge in [-0.25, -0.2) is 4.98 Å². The van der Waals surface area contributed by atoms with Gasteiger partial charge in [0.25, 0.3) is 0 Å². The van der Waals surface area contributed by atoms with E-state index in [-0.39, 0.29) is 16.8 Å². The summed E-state index contributed by atoms with van der Waals surface area (Å²) >= 11 is 17.8. The van der Waals surface area contributed by atoms with Crippen LogP contribution in [0.5, 0.6) is 0 Å². The van der Waals surface area contributed by atoms with Crippen molar-refractivity contribution in [1.29, 1.82) is 0 Å². The second kappa shape index (κ2) is 5.41. The maximum Gasteiger partial charge on any atom is 0.150 e. The van der Waals surface area contributed by atoms with Gasteiger partial charge in [0.05, 0.1) is 15.6 Å². The molecule has 2 heterocycles. The van der Waals surface area contributed by atoms with Crippen LogP contribution in [0.25, 0.3) is 0 Å². The van der Waals surface area contributed by atoms with E-state index in [1.807, 2.05) is 0 Å². The van der Waals surface area contributed by atoms with Crippen molar-refractivity contribution in [1.82, 2.24) is 4.98 Å². The first-order chi connectivity index (χ1) is 8.37. The first-order valence-corrected chi connectivity index (χ1v) is 6.93. The zero-order chi connectivity index (χ0) is 13.3. The average Bonchev–Trinajstić information content (AvgIpc) is 2.24. The number of nitrogens with zero attached hydrogens (tertiary/aromatic N) is 1. The van der Waals surface area contributed by atoms with Crippen LogP contribution in [0.15, 0.2) is 6.07 Å². The molecule has 1 fully saturated rings. The van der Waals surface area contributed by atoms with Gasteiger partial charge in [-0.2, -0.15) is 0 Å². The average molecular weight is 310 g/mol. The molecule has 1 N–H and O–H groups in total. The Bertz CT molecular complexity index is 451. The number of anilines is 1. The molecule has 2 rings (SSSR count). The first kappa shape index (κ1) is 14.2. The van der Waals surface area contributed by atoms with E-state index in [0.29, 0.717) is 15.9 Å². The van der Waals surface area contributed by atoms with Crippen molar-refractivity contribution in [2.45, 2.75) is 38.3 Å². The molecule has 0 saturated carbocycles. The third-order valence-electron chi connectivity index (χ3n) is 2.92. The minimum Gasteiger partial charge on any atom is -0.375 e. The lowest BCUT2D eigenvalue weighted by Crippen LogP contribution is -2.40. The summed E-state index contributed by atoms with van der Waals surface area (Å²) < 4.78 is 5.67. The number of pyridine rings is 1. The Morgan fingerprint density at radius 1 is 1.33 bits per heavy atom. The van der Waals surface area contributed by atoms with Gasteiger partial charge < -0.3 is 10.1 Å².